The van der Waals surface area contributed by atoms with Crippen LogP contribution in [0.5, 0.6) is 5.75 Å². The zero-order valence-electron chi connectivity index (χ0n) is 8.63. The maximum Gasteiger partial charge on any atom is 0.115 e. The number of nitrogens with zero attached hydrogens (tertiary/aromatic N) is 1. The fraction of sp³-hybridized carbons (Fsp3) is 0.500. The molecule has 2 atom stereocenters. The van der Waals surface area contributed by atoms with Crippen molar-refractivity contribution in [3.8, 4) is 5.75 Å². The molecule has 2 aliphatic rings. The molecule has 1 saturated carbocycles. The second-order valence-corrected chi connectivity index (χ2v) is 4.65. The molecule has 3 rings (SSSR count). The molecule has 3 N–H and O–H groups in total. The molecule has 1 aromatic rings. The van der Waals surface area contributed by atoms with E-state index in [0.717, 1.165) is 37.4 Å². The summed E-state index contributed by atoms with van der Waals surface area (Å²) in [6.07, 6.45) is 0. The van der Waals surface area contributed by atoms with Gasteiger partial charge in [-0.25, -0.2) is 0 Å². The monoisotopic (exact) mass is 204 g/mol. The number of hydrogen-bond acceptors (Lipinski definition) is 3. The third kappa shape index (κ3) is 1.38. The van der Waals surface area contributed by atoms with Gasteiger partial charge in [0.2, 0.25) is 0 Å². The van der Waals surface area contributed by atoms with Crippen molar-refractivity contribution in [2.75, 3.05) is 24.5 Å². The molecule has 1 aromatic carbocycles. The van der Waals surface area contributed by atoms with Crippen molar-refractivity contribution in [1.29, 1.82) is 0 Å². The van der Waals surface area contributed by atoms with Crippen LogP contribution in [0, 0.1) is 17.8 Å². The summed E-state index contributed by atoms with van der Waals surface area (Å²) in [5, 5.41) is 9.21. The Hall–Kier alpha value is -1.22. The first-order valence-corrected chi connectivity index (χ1v) is 5.53. The van der Waals surface area contributed by atoms with Crippen LogP contribution >= 0.6 is 0 Å². The van der Waals surface area contributed by atoms with Gasteiger partial charge < -0.3 is 15.7 Å². The average molecular weight is 204 g/mol. The van der Waals surface area contributed by atoms with E-state index < -0.39 is 0 Å². The van der Waals surface area contributed by atoms with Crippen molar-refractivity contribution in [3.05, 3.63) is 24.3 Å². The molecule has 3 heteroatoms. The molecule has 1 aliphatic carbocycles. The number of aromatic hydroxyl groups is 1. The van der Waals surface area contributed by atoms with Gasteiger partial charge in [-0.15, -0.1) is 0 Å². The number of phenolic OH excluding ortho intramolecular Hbond substituents is 1. The highest BCUT2D eigenvalue weighted by molar-refractivity contribution is 5.51. The van der Waals surface area contributed by atoms with Gasteiger partial charge in [-0.1, -0.05) is 0 Å². The van der Waals surface area contributed by atoms with Crippen LogP contribution in [0.4, 0.5) is 5.69 Å². The van der Waals surface area contributed by atoms with E-state index in [9.17, 15) is 5.11 Å². The van der Waals surface area contributed by atoms with E-state index in [4.69, 9.17) is 5.73 Å². The van der Waals surface area contributed by atoms with Gasteiger partial charge in [-0.2, -0.15) is 0 Å². The van der Waals surface area contributed by atoms with Crippen molar-refractivity contribution in [1.82, 2.24) is 0 Å². The van der Waals surface area contributed by atoms with E-state index in [-0.39, 0.29) is 0 Å². The summed E-state index contributed by atoms with van der Waals surface area (Å²) in [4.78, 5) is 2.39. The predicted molar refractivity (Wildman–Crippen MR) is 59.8 cm³/mol. The van der Waals surface area contributed by atoms with Crippen molar-refractivity contribution in [2.45, 2.75) is 0 Å². The number of phenols is 1. The Kier molecular flexibility index (Phi) is 1.89. The molecule has 3 nitrogen and oxygen atoms in total. The lowest BCUT2D eigenvalue weighted by molar-refractivity contribution is 0.475. The highest BCUT2D eigenvalue weighted by Crippen LogP contribution is 2.51. The number of anilines is 1. The van der Waals surface area contributed by atoms with E-state index in [0.29, 0.717) is 5.75 Å². The Bertz CT molecular complexity index is 350. The third-order valence-corrected chi connectivity index (χ3v) is 3.86. The van der Waals surface area contributed by atoms with Gasteiger partial charge in [0.1, 0.15) is 5.75 Å². The van der Waals surface area contributed by atoms with E-state index >= 15 is 0 Å². The van der Waals surface area contributed by atoms with Crippen LogP contribution < -0.4 is 10.6 Å². The average Bonchev–Trinajstić information content (AvgIpc) is 2.72. The zero-order valence-corrected chi connectivity index (χ0v) is 8.63. The van der Waals surface area contributed by atoms with E-state index in [1.165, 1.54) is 5.69 Å². The van der Waals surface area contributed by atoms with Gasteiger partial charge in [0.05, 0.1) is 0 Å². The summed E-state index contributed by atoms with van der Waals surface area (Å²) in [5.41, 5.74) is 6.89. The molecule has 0 amide bonds. The first-order chi connectivity index (χ1) is 7.29. The van der Waals surface area contributed by atoms with Gasteiger partial charge in [-0.05, 0) is 48.6 Å². The van der Waals surface area contributed by atoms with E-state index in [2.05, 4.69) is 4.90 Å². The molecule has 0 radical (unpaired) electrons. The van der Waals surface area contributed by atoms with Gasteiger partial charge in [0.25, 0.3) is 0 Å². The number of nitrogens with two attached hydrogens (primary N) is 1. The van der Waals surface area contributed by atoms with Crippen LogP contribution in [0.25, 0.3) is 0 Å². The van der Waals surface area contributed by atoms with Crippen LogP contribution in [0.2, 0.25) is 0 Å². The maximum absolute atomic E-state index is 9.21. The van der Waals surface area contributed by atoms with Gasteiger partial charge in [-0.3, -0.25) is 0 Å². The fourth-order valence-electron chi connectivity index (χ4n) is 2.87. The Morgan fingerprint density at radius 3 is 2.33 bits per heavy atom. The lowest BCUT2D eigenvalue weighted by atomic mass is 10.2. The van der Waals surface area contributed by atoms with Crippen LogP contribution in [0.3, 0.4) is 0 Å². The van der Waals surface area contributed by atoms with Crippen LogP contribution in [0.15, 0.2) is 24.3 Å². The smallest absolute Gasteiger partial charge is 0.115 e. The summed E-state index contributed by atoms with van der Waals surface area (Å²) in [6.45, 7) is 3.12. The van der Waals surface area contributed by atoms with Crippen molar-refractivity contribution < 1.29 is 5.11 Å². The first kappa shape index (κ1) is 9.04. The number of rotatable bonds is 2. The molecule has 80 valence electrons. The quantitative estimate of drug-likeness (QED) is 0.756. The van der Waals surface area contributed by atoms with Crippen molar-refractivity contribution in [3.63, 3.8) is 0 Å². The molecule has 2 fully saturated rings. The minimum absolute atomic E-state index is 0.336. The molecular formula is C12H16N2O. The van der Waals surface area contributed by atoms with E-state index in [1.807, 2.05) is 12.1 Å². The molecule has 1 aliphatic heterocycles. The predicted octanol–water partition coefficient (Wildman–Crippen LogP) is 1.03. The third-order valence-electron chi connectivity index (χ3n) is 3.86. The fourth-order valence-corrected chi connectivity index (χ4v) is 2.87. The molecular weight excluding hydrogens is 188 g/mol. The minimum atomic E-state index is 0.336. The highest BCUT2D eigenvalue weighted by atomic mass is 16.3. The lowest BCUT2D eigenvalue weighted by Gasteiger charge is -2.21. The van der Waals surface area contributed by atoms with Gasteiger partial charge >= 0.3 is 0 Å². The first-order valence-electron chi connectivity index (χ1n) is 5.53. The maximum atomic E-state index is 9.21. The highest BCUT2D eigenvalue weighted by Gasteiger charge is 2.54. The number of fused-ring (bicyclic) bond motifs is 1. The summed E-state index contributed by atoms with van der Waals surface area (Å²) in [5.74, 6) is 2.76. The van der Waals surface area contributed by atoms with E-state index in [1.54, 1.807) is 12.1 Å². The normalized spacial score (nSPS) is 32.9. The Balaban J connectivity index is 1.69. The molecule has 0 bridgehead atoms. The van der Waals surface area contributed by atoms with Crippen LogP contribution in [-0.2, 0) is 0 Å². The summed E-state index contributed by atoms with van der Waals surface area (Å²) >= 11 is 0. The SMILES string of the molecule is NCC1C2CN(c3ccc(O)cc3)CC12. The summed E-state index contributed by atoms with van der Waals surface area (Å²) < 4.78 is 0. The Morgan fingerprint density at radius 1 is 1.20 bits per heavy atom. The molecule has 2 unspecified atom stereocenters. The Labute approximate surface area is 89.5 Å². The number of benzene rings is 1. The molecule has 1 heterocycles. The largest absolute Gasteiger partial charge is 0.508 e. The second-order valence-electron chi connectivity index (χ2n) is 4.65. The van der Waals surface area contributed by atoms with Crippen molar-refractivity contribution in [2.24, 2.45) is 23.5 Å². The number of hydrogen-bond donors (Lipinski definition) is 2. The van der Waals surface area contributed by atoms with Gasteiger partial charge in [0, 0.05) is 18.8 Å². The molecule has 1 saturated heterocycles. The van der Waals surface area contributed by atoms with Crippen LogP contribution in [0.1, 0.15) is 0 Å². The molecule has 0 aromatic heterocycles. The standard InChI is InChI=1S/C12H16N2O/c13-5-10-11-6-14(7-12(10)11)8-1-3-9(15)4-2-8/h1-4,10-12,15H,5-7,13H2. The second kappa shape index (κ2) is 3.14. The minimum Gasteiger partial charge on any atom is -0.508 e. The topological polar surface area (TPSA) is 49.5 Å². The summed E-state index contributed by atoms with van der Waals surface area (Å²) in [7, 11) is 0. The molecule has 15 heavy (non-hydrogen) atoms. The van der Waals surface area contributed by atoms with Crippen LogP contribution in [-0.4, -0.2) is 24.7 Å². The number of piperidine rings is 1. The van der Waals surface area contributed by atoms with Crippen molar-refractivity contribution >= 4 is 5.69 Å². The zero-order chi connectivity index (χ0) is 10.4. The summed E-state index contributed by atoms with van der Waals surface area (Å²) in [6, 6.07) is 7.47. The Morgan fingerprint density at radius 2 is 1.80 bits per heavy atom. The van der Waals surface area contributed by atoms with Gasteiger partial charge in [0.15, 0.2) is 0 Å². The lowest BCUT2D eigenvalue weighted by Crippen LogP contribution is -2.25. The molecule has 0 spiro atoms.